The second-order valence-corrected chi connectivity index (χ2v) is 6.92. The Morgan fingerprint density at radius 2 is 2.23 bits per heavy atom. The average molecular weight is 344 g/mol. The van der Waals surface area contributed by atoms with Gasteiger partial charge in [-0.15, -0.1) is 11.8 Å². The minimum atomic E-state index is -0.121. The Morgan fingerprint density at radius 1 is 1.45 bits per heavy atom. The molecular weight excluding hydrogens is 318 g/mol. The summed E-state index contributed by atoms with van der Waals surface area (Å²) in [6.07, 6.45) is 6.74. The van der Waals surface area contributed by atoms with Gasteiger partial charge in [0.1, 0.15) is 0 Å². The van der Waals surface area contributed by atoms with E-state index >= 15 is 0 Å². The molecule has 0 fully saturated rings. The summed E-state index contributed by atoms with van der Waals surface area (Å²) < 4.78 is 5.39. The maximum absolute atomic E-state index is 11.8. The van der Waals surface area contributed by atoms with Gasteiger partial charge in [-0.05, 0) is 25.3 Å². The summed E-state index contributed by atoms with van der Waals surface area (Å²) in [4.78, 5) is 16.9. The van der Waals surface area contributed by atoms with Crippen molar-refractivity contribution in [1.29, 1.82) is 0 Å². The summed E-state index contributed by atoms with van der Waals surface area (Å²) in [5.41, 5.74) is 0.816. The van der Waals surface area contributed by atoms with Crippen molar-refractivity contribution in [2.24, 2.45) is 5.92 Å². The van der Waals surface area contributed by atoms with E-state index in [0.717, 1.165) is 23.4 Å². The Morgan fingerprint density at radius 3 is 2.91 bits per heavy atom. The van der Waals surface area contributed by atoms with Gasteiger partial charge in [0.2, 0.25) is 0 Å². The highest BCUT2D eigenvalue weighted by atomic mass is 35.5. The maximum atomic E-state index is 11.8. The second-order valence-electron chi connectivity index (χ2n) is 5.41. The molecule has 0 aliphatic carbocycles. The molecule has 1 aromatic rings. The number of pyridine rings is 1. The third-order valence-electron chi connectivity index (χ3n) is 3.62. The number of rotatable bonds is 10. The fraction of sp³-hybridized carbons (Fsp3) is 0.647. The Labute approximate surface area is 143 Å². The van der Waals surface area contributed by atoms with E-state index in [1.807, 2.05) is 13.0 Å². The molecule has 0 aromatic carbocycles. The van der Waals surface area contributed by atoms with Crippen molar-refractivity contribution in [2.75, 3.05) is 12.4 Å². The first-order chi connectivity index (χ1) is 10.6. The Bertz CT molecular complexity index is 468. The molecule has 0 aliphatic rings. The standard InChI is InChI=1S/C17H26ClNO2S/c1-4-6-7-14(5-2)12-21-16(20)9-11-22-15-8-10-19-13(3)17(15)18/h8,10,14H,4-7,9,11-12H2,1-3H3. The molecule has 0 aliphatic heterocycles. The average Bonchev–Trinajstić information content (AvgIpc) is 2.51. The molecule has 0 saturated heterocycles. The van der Waals surface area contributed by atoms with Crippen LogP contribution in [0.2, 0.25) is 5.02 Å². The minimum absolute atomic E-state index is 0.121. The fourth-order valence-electron chi connectivity index (χ4n) is 2.06. The highest BCUT2D eigenvalue weighted by Gasteiger charge is 2.11. The zero-order chi connectivity index (χ0) is 16.4. The van der Waals surface area contributed by atoms with E-state index in [-0.39, 0.29) is 5.97 Å². The van der Waals surface area contributed by atoms with E-state index in [1.54, 1.807) is 18.0 Å². The van der Waals surface area contributed by atoms with E-state index in [1.165, 1.54) is 12.8 Å². The summed E-state index contributed by atoms with van der Waals surface area (Å²) in [7, 11) is 0. The number of nitrogens with zero attached hydrogens (tertiary/aromatic N) is 1. The third-order valence-corrected chi connectivity index (χ3v) is 5.26. The predicted molar refractivity (Wildman–Crippen MR) is 93.6 cm³/mol. The molecule has 0 spiro atoms. The quantitative estimate of drug-likeness (QED) is 0.427. The van der Waals surface area contributed by atoms with Crippen LogP contribution in [0, 0.1) is 12.8 Å². The maximum Gasteiger partial charge on any atom is 0.306 e. The number of hydrogen-bond acceptors (Lipinski definition) is 4. The second kappa shape index (κ2) is 10.9. The number of unbranched alkanes of at least 4 members (excludes halogenated alkanes) is 1. The van der Waals surface area contributed by atoms with E-state index in [0.29, 0.717) is 29.7 Å². The zero-order valence-corrected chi connectivity index (χ0v) is 15.3. The largest absolute Gasteiger partial charge is 0.465 e. The van der Waals surface area contributed by atoms with Gasteiger partial charge in [-0.2, -0.15) is 0 Å². The van der Waals surface area contributed by atoms with E-state index in [4.69, 9.17) is 16.3 Å². The molecule has 1 heterocycles. The SMILES string of the molecule is CCCCC(CC)COC(=O)CCSc1ccnc(C)c1Cl. The summed E-state index contributed by atoms with van der Waals surface area (Å²) >= 11 is 7.75. The Kier molecular flexibility index (Phi) is 9.56. The lowest BCUT2D eigenvalue weighted by molar-refractivity contribution is -0.144. The minimum Gasteiger partial charge on any atom is -0.465 e. The molecule has 0 bridgehead atoms. The summed E-state index contributed by atoms with van der Waals surface area (Å²) in [6, 6.07) is 1.88. The molecule has 5 heteroatoms. The van der Waals surface area contributed by atoms with Crippen LogP contribution in [0.3, 0.4) is 0 Å². The van der Waals surface area contributed by atoms with Crippen molar-refractivity contribution in [3.8, 4) is 0 Å². The van der Waals surface area contributed by atoms with E-state index < -0.39 is 0 Å². The monoisotopic (exact) mass is 343 g/mol. The van der Waals surface area contributed by atoms with Gasteiger partial charge >= 0.3 is 5.97 Å². The van der Waals surface area contributed by atoms with Crippen LogP contribution >= 0.6 is 23.4 Å². The first-order valence-corrected chi connectivity index (χ1v) is 9.34. The molecule has 124 valence electrons. The van der Waals surface area contributed by atoms with Gasteiger partial charge in [-0.3, -0.25) is 9.78 Å². The molecule has 1 rings (SSSR count). The van der Waals surface area contributed by atoms with Gasteiger partial charge in [0.15, 0.2) is 0 Å². The summed E-state index contributed by atoms with van der Waals surface area (Å²) in [5, 5.41) is 0.673. The molecule has 22 heavy (non-hydrogen) atoms. The molecular formula is C17H26ClNO2S. The van der Waals surface area contributed by atoms with E-state index in [9.17, 15) is 4.79 Å². The number of aromatic nitrogens is 1. The first-order valence-electron chi connectivity index (χ1n) is 7.98. The lowest BCUT2D eigenvalue weighted by Crippen LogP contribution is -2.14. The zero-order valence-electron chi connectivity index (χ0n) is 13.7. The summed E-state index contributed by atoms with van der Waals surface area (Å²) in [6.45, 7) is 6.76. The van der Waals surface area contributed by atoms with Crippen LogP contribution in [-0.2, 0) is 9.53 Å². The van der Waals surface area contributed by atoms with Crippen molar-refractivity contribution < 1.29 is 9.53 Å². The molecule has 1 unspecified atom stereocenters. The van der Waals surface area contributed by atoms with Crippen molar-refractivity contribution in [2.45, 2.75) is 57.8 Å². The number of hydrogen-bond donors (Lipinski definition) is 0. The van der Waals surface area contributed by atoms with Gasteiger partial charge in [-0.1, -0.05) is 44.7 Å². The molecule has 0 amide bonds. The number of halogens is 1. The van der Waals surface area contributed by atoms with Crippen molar-refractivity contribution >= 4 is 29.3 Å². The predicted octanol–water partition coefficient (Wildman–Crippen LogP) is 5.29. The van der Waals surface area contributed by atoms with Crippen LogP contribution in [0.4, 0.5) is 0 Å². The Balaban J connectivity index is 2.27. The van der Waals surface area contributed by atoms with Gasteiger partial charge in [0.25, 0.3) is 0 Å². The van der Waals surface area contributed by atoms with Crippen LogP contribution in [0.5, 0.6) is 0 Å². The topological polar surface area (TPSA) is 39.2 Å². The molecule has 0 N–H and O–H groups in total. The number of thioether (sulfide) groups is 1. The van der Waals surface area contributed by atoms with Crippen LogP contribution in [-0.4, -0.2) is 23.3 Å². The highest BCUT2D eigenvalue weighted by molar-refractivity contribution is 7.99. The molecule has 0 radical (unpaired) electrons. The Hall–Kier alpha value is -0.740. The van der Waals surface area contributed by atoms with Gasteiger partial charge < -0.3 is 4.74 Å². The lowest BCUT2D eigenvalue weighted by Gasteiger charge is -2.14. The normalized spacial score (nSPS) is 12.2. The number of aryl methyl sites for hydroxylation is 1. The number of esters is 1. The van der Waals surface area contributed by atoms with Crippen LogP contribution < -0.4 is 0 Å². The van der Waals surface area contributed by atoms with E-state index in [2.05, 4.69) is 18.8 Å². The van der Waals surface area contributed by atoms with Crippen LogP contribution in [0.25, 0.3) is 0 Å². The fourth-order valence-corrected chi connectivity index (χ4v) is 3.26. The van der Waals surface area contributed by atoms with Crippen molar-refractivity contribution in [3.63, 3.8) is 0 Å². The van der Waals surface area contributed by atoms with Gasteiger partial charge in [0.05, 0.1) is 23.7 Å². The lowest BCUT2D eigenvalue weighted by atomic mass is 10.0. The highest BCUT2D eigenvalue weighted by Crippen LogP contribution is 2.28. The van der Waals surface area contributed by atoms with Crippen molar-refractivity contribution in [3.05, 3.63) is 23.0 Å². The molecule has 1 atom stereocenters. The van der Waals surface area contributed by atoms with Gasteiger partial charge in [-0.25, -0.2) is 0 Å². The smallest absolute Gasteiger partial charge is 0.306 e. The van der Waals surface area contributed by atoms with Gasteiger partial charge in [0, 0.05) is 16.8 Å². The number of carbonyl (C=O) groups is 1. The van der Waals surface area contributed by atoms with Crippen LogP contribution in [0.1, 0.15) is 51.6 Å². The molecule has 1 aromatic heterocycles. The number of carbonyl (C=O) groups excluding carboxylic acids is 1. The van der Waals surface area contributed by atoms with Crippen molar-refractivity contribution in [1.82, 2.24) is 4.98 Å². The third kappa shape index (κ3) is 7.01. The molecule has 0 saturated carbocycles. The summed E-state index contributed by atoms with van der Waals surface area (Å²) in [5.74, 6) is 1.05. The number of ether oxygens (including phenoxy) is 1. The molecule has 3 nitrogen and oxygen atoms in total. The first kappa shape index (κ1) is 19.3. The van der Waals surface area contributed by atoms with Crippen LogP contribution in [0.15, 0.2) is 17.2 Å².